The predicted octanol–water partition coefficient (Wildman–Crippen LogP) is 5.32. The molecule has 0 aromatic heterocycles. The number of benzene rings is 3. The lowest BCUT2D eigenvalue weighted by molar-refractivity contribution is -0.140. The fourth-order valence-electron chi connectivity index (χ4n) is 6.30. The first kappa shape index (κ1) is 20.4. The second-order valence-electron chi connectivity index (χ2n) is 9.77. The van der Waals surface area contributed by atoms with Gasteiger partial charge in [-0.2, -0.15) is 0 Å². The topological polar surface area (TPSA) is 32.3 Å². The molecule has 2 fully saturated rings. The van der Waals surface area contributed by atoms with Gasteiger partial charge < -0.3 is 10.2 Å². The zero-order chi connectivity index (χ0) is 22.3. The average Bonchev–Trinajstić information content (AvgIpc) is 3.51. The molecule has 2 saturated heterocycles. The van der Waals surface area contributed by atoms with Crippen LogP contribution in [0.25, 0.3) is 6.08 Å². The minimum Gasteiger partial charge on any atom is -0.335 e. The van der Waals surface area contributed by atoms with Crippen LogP contribution in [0.4, 0.5) is 0 Å². The summed E-state index contributed by atoms with van der Waals surface area (Å²) in [5.74, 6) is 0.519. The Morgan fingerprint density at radius 3 is 2.33 bits per heavy atom. The van der Waals surface area contributed by atoms with Crippen LogP contribution in [0.15, 0.2) is 91.0 Å². The number of hydrogen-bond acceptors (Lipinski definition) is 2. The molecular weight excluding hydrogens is 404 g/mol. The maximum absolute atomic E-state index is 14.1. The van der Waals surface area contributed by atoms with Crippen molar-refractivity contribution in [2.75, 3.05) is 19.6 Å². The number of hydrogen-bond donors (Lipinski definition) is 1. The summed E-state index contributed by atoms with van der Waals surface area (Å²) in [6, 6.07) is 30.0. The monoisotopic (exact) mass is 434 g/mol. The number of likely N-dealkylation sites (tertiary alicyclic amines) is 1. The molecule has 0 bridgehead atoms. The lowest BCUT2D eigenvalue weighted by atomic mass is 9.70. The average molecular weight is 435 g/mol. The second kappa shape index (κ2) is 8.31. The fraction of sp³-hybridized carbons (Fsp3) is 0.300. The number of fused-ring (bicyclic) bond motifs is 2. The van der Waals surface area contributed by atoms with Crippen molar-refractivity contribution in [2.45, 2.75) is 30.2 Å². The second-order valence-corrected chi connectivity index (χ2v) is 9.77. The van der Waals surface area contributed by atoms with Crippen LogP contribution in [0.2, 0.25) is 0 Å². The van der Waals surface area contributed by atoms with E-state index in [9.17, 15) is 4.79 Å². The Hall–Kier alpha value is -3.17. The van der Waals surface area contributed by atoms with Crippen LogP contribution >= 0.6 is 0 Å². The molecule has 0 saturated carbocycles. The van der Waals surface area contributed by atoms with Crippen molar-refractivity contribution in [1.29, 1.82) is 0 Å². The number of carbonyl (C=O) groups excluding carboxylic acids is 1. The van der Waals surface area contributed by atoms with Crippen LogP contribution in [0, 0.1) is 5.92 Å². The maximum atomic E-state index is 14.1. The van der Waals surface area contributed by atoms with Crippen LogP contribution in [0.5, 0.6) is 0 Å². The molecule has 0 radical (unpaired) electrons. The number of nitrogens with zero attached hydrogens (tertiary/aromatic N) is 1. The molecule has 3 aromatic carbocycles. The van der Waals surface area contributed by atoms with E-state index < -0.39 is 0 Å². The quantitative estimate of drug-likeness (QED) is 0.605. The molecule has 33 heavy (non-hydrogen) atoms. The number of allylic oxidation sites excluding steroid dienone is 1. The predicted molar refractivity (Wildman–Crippen MR) is 133 cm³/mol. The zero-order valence-electron chi connectivity index (χ0n) is 18.9. The summed E-state index contributed by atoms with van der Waals surface area (Å²) in [5.41, 5.74) is 5.26. The molecule has 3 aliphatic rings. The normalized spacial score (nSPS) is 28.2. The van der Waals surface area contributed by atoms with Gasteiger partial charge >= 0.3 is 0 Å². The molecule has 1 spiro atoms. The fourth-order valence-corrected chi connectivity index (χ4v) is 6.30. The van der Waals surface area contributed by atoms with E-state index in [2.05, 4.69) is 101 Å². The van der Waals surface area contributed by atoms with Gasteiger partial charge in [-0.3, -0.25) is 4.79 Å². The van der Waals surface area contributed by atoms with Crippen molar-refractivity contribution in [3.05, 3.63) is 113 Å². The third-order valence-corrected chi connectivity index (χ3v) is 8.04. The summed E-state index contributed by atoms with van der Waals surface area (Å²) in [7, 11) is 0. The lowest BCUT2D eigenvalue weighted by Gasteiger charge is -2.46. The molecule has 1 amide bonds. The first-order chi connectivity index (χ1) is 16.3. The highest BCUT2D eigenvalue weighted by Crippen LogP contribution is 2.50. The highest BCUT2D eigenvalue weighted by molar-refractivity contribution is 5.81. The summed E-state index contributed by atoms with van der Waals surface area (Å²) in [6.45, 7) is 2.41. The van der Waals surface area contributed by atoms with Gasteiger partial charge in [-0.15, -0.1) is 0 Å². The Morgan fingerprint density at radius 1 is 0.848 bits per heavy atom. The molecule has 166 valence electrons. The molecule has 3 aromatic rings. The zero-order valence-corrected chi connectivity index (χ0v) is 18.9. The first-order valence-electron chi connectivity index (χ1n) is 12.1. The van der Waals surface area contributed by atoms with E-state index in [1.165, 1.54) is 22.3 Å². The van der Waals surface area contributed by atoms with E-state index in [0.717, 1.165) is 32.5 Å². The van der Waals surface area contributed by atoms with Gasteiger partial charge in [0.1, 0.15) is 0 Å². The van der Waals surface area contributed by atoms with E-state index in [0.29, 0.717) is 5.91 Å². The molecule has 2 heterocycles. The minimum atomic E-state index is -0.0148. The standard InChI is InChI=1S/C30H30N2O/c33-29(26-21-31-20-25(26)22-9-3-1-4-10-22)32-18-17-30(16-15-23-11-7-8-14-27(23)30)19-28(32)24-12-5-2-6-13-24/h1-16,25-26,28,31H,17-21H2/t25-,26+,28?,30?/m0/s1. The highest BCUT2D eigenvalue weighted by atomic mass is 16.2. The third-order valence-electron chi connectivity index (χ3n) is 8.04. The SMILES string of the molecule is O=C([C@@H]1CNC[C@H]1c1ccccc1)N1CCC2(C=Cc3ccccc32)CC1c1ccccc1. The lowest BCUT2D eigenvalue weighted by Crippen LogP contribution is -2.49. The summed E-state index contributed by atoms with van der Waals surface area (Å²) in [5, 5.41) is 3.50. The van der Waals surface area contributed by atoms with Gasteiger partial charge in [0.05, 0.1) is 12.0 Å². The van der Waals surface area contributed by atoms with E-state index >= 15 is 0 Å². The van der Waals surface area contributed by atoms with E-state index in [1.807, 2.05) is 6.07 Å². The van der Waals surface area contributed by atoms with Crippen molar-refractivity contribution >= 4 is 12.0 Å². The van der Waals surface area contributed by atoms with Gasteiger partial charge in [0.2, 0.25) is 5.91 Å². The molecule has 6 rings (SSSR count). The van der Waals surface area contributed by atoms with Gasteiger partial charge in [0.25, 0.3) is 0 Å². The van der Waals surface area contributed by atoms with E-state index in [4.69, 9.17) is 0 Å². The van der Waals surface area contributed by atoms with Crippen molar-refractivity contribution in [3.8, 4) is 0 Å². The number of carbonyl (C=O) groups is 1. The number of nitrogens with one attached hydrogen (secondary N) is 1. The molecule has 4 atom stereocenters. The van der Waals surface area contributed by atoms with E-state index in [-0.39, 0.29) is 23.3 Å². The van der Waals surface area contributed by atoms with Crippen molar-refractivity contribution in [1.82, 2.24) is 10.2 Å². The van der Waals surface area contributed by atoms with Crippen LogP contribution in [-0.4, -0.2) is 30.4 Å². The Bertz CT molecular complexity index is 1170. The molecule has 2 aliphatic heterocycles. The Labute approximate surface area is 196 Å². The Balaban J connectivity index is 1.34. The van der Waals surface area contributed by atoms with Gasteiger partial charge in [0, 0.05) is 31.0 Å². The van der Waals surface area contributed by atoms with Crippen LogP contribution in [0.1, 0.15) is 47.1 Å². The van der Waals surface area contributed by atoms with Crippen LogP contribution < -0.4 is 5.32 Å². The molecule has 3 nitrogen and oxygen atoms in total. The van der Waals surface area contributed by atoms with Crippen LogP contribution in [0.3, 0.4) is 0 Å². The Morgan fingerprint density at radius 2 is 1.55 bits per heavy atom. The molecular formula is C30H30N2O. The van der Waals surface area contributed by atoms with Gasteiger partial charge in [-0.05, 0) is 35.1 Å². The van der Waals surface area contributed by atoms with E-state index in [1.54, 1.807) is 0 Å². The summed E-state index contributed by atoms with van der Waals surface area (Å²) in [4.78, 5) is 16.3. The number of rotatable bonds is 3. The largest absolute Gasteiger partial charge is 0.335 e. The summed E-state index contributed by atoms with van der Waals surface area (Å²) >= 11 is 0. The van der Waals surface area contributed by atoms with Gasteiger partial charge in [-0.1, -0.05) is 97.1 Å². The van der Waals surface area contributed by atoms with Crippen molar-refractivity contribution in [3.63, 3.8) is 0 Å². The number of amides is 1. The van der Waals surface area contributed by atoms with Crippen LogP contribution in [-0.2, 0) is 10.2 Å². The first-order valence-corrected chi connectivity index (χ1v) is 12.1. The smallest absolute Gasteiger partial charge is 0.228 e. The Kier molecular flexibility index (Phi) is 5.15. The highest BCUT2D eigenvalue weighted by Gasteiger charge is 2.46. The van der Waals surface area contributed by atoms with Crippen molar-refractivity contribution in [2.24, 2.45) is 5.92 Å². The van der Waals surface area contributed by atoms with Gasteiger partial charge in [-0.25, -0.2) is 0 Å². The number of piperidine rings is 1. The molecule has 1 N–H and O–H groups in total. The maximum Gasteiger partial charge on any atom is 0.228 e. The third kappa shape index (κ3) is 3.52. The molecule has 3 heteroatoms. The molecule has 1 aliphatic carbocycles. The summed E-state index contributed by atoms with van der Waals surface area (Å²) in [6.07, 6.45) is 6.60. The summed E-state index contributed by atoms with van der Waals surface area (Å²) < 4.78 is 0. The van der Waals surface area contributed by atoms with Crippen molar-refractivity contribution < 1.29 is 4.79 Å². The minimum absolute atomic E-state index is 0.0145. The van der Waals surface area contributed by atoms with Gasteiger partial charge in [0.15, 0.2) is 0 Å². The molecule has 2 unspecified atom stereocenters.